The van der Waals surface area contributed by atoms with Crippen LogP contribution in [-0.4, -0.2) is 55.3 Å². The maximum absolute atomic E-state index is 9.02. The van der Waals surface area contributed by atoms with E-state index in [4.69, 9.17) is 10.0 Å². The molecule has 82 valence electrons. The summed E-state index contributed by atoms with van der Waals surface area (Å²) in [5.74, 6) is 0. The van der Waals surface area contributed by atoms with Crippen molar-refractivity contribution >= 4 is 28.2 Å². The highest BCUT2D eigenvalue weighted by molar-refractivity contribution is 7.25. The molecule has 0 aromatic carbocycles. The van der Waals surface area contributed by atoms with E-state index in [0.717, 1.165) is 31.2 Å². The Hall–Kier alpha value is -0.555. The predicted molar refractivity (Wildman–Crippen MR) is 63.9 cm³/mol. The van der Waals surface area contributed by atoms with Crippen molar-refractivity contribution in [1.29, 1.82) is 0 Å². The zero-order chi connectivity index (χ0) is 10.8. The summed E-state index contributed by atoms with van der Waals surface area (Å²) in [6, 6.07) is 3.74. The zero-order valence-corrected chi connectivity index (χ0v) is 9.57. The largest absolute Gasteiger partial charge is 0.499 e. The van der Waals surface area contributed by atoms with E-state index in [1.807, 2.05) is 6.07 Å². The summed E-state index contributed by atoms with van der Waals surface area (Å²) in [6.07, 6.45) is 0. The van der Waals surface area contributed by atoms with Crippen molar-refractivity contribution in [1.82, 2.24) is 4.90 Å². The number of hydrogen-bond acceptors (Lipinski definition) is 5. The van der Waals surface area contributed by atoms with Crippen LogP contribution in [0.3, 0.4) is 0 Å². The first-order valence-corrected chi connectivity index (χ1v) is 5.88. The minimum absolute atomic E-state index is 0.615. The first kappa shape index (κ1) is 10.9. The summed E-state index contributed by atoms with van der Waals surface area (Å²) in [5, 5.41) is 19.2. The molecule has 0 aliphatic carbocycles. The number of thiophene rings is 1. The van der Waals surface area contributed by atoms with Gasteiger partial charge in [-0.25, -0.2) is 0 Å². The summed E-state index contributed by atoms with van der Waals surface area (Å²) in [5.41, 5.74) is 0. The number of likely N-dealkylation sites (N-methyl/N-ethyl adjacent to an activating group) is 1. The quantitative estimate of drug-likeness (QED) is 0.647. The van der Waals surface area contributed by atoms with Crippen molar-refractivity contribution in [2.24, 2.45) is 0 Å². The Morgan fingerprint density at radius 3 is 2.40 bits per heavy atom. The van der Waals surface area contributed by atoms with Gasteiger partial charge in [-0.3, -0.25) is 0 Å². The normalized spacial score (nSPS) is 18.2. The Bertz CT molecular complexity index is 324. The summed E-state index contributed by atoms with van der Waals surface area (Å²) >= 11 is 1.46. The average molecular weight is 226 g/mol. The first-order valence-electron chi connectivity index (χ1n) is 5.06. The van der Waals surface area contributed by atoms with E-state index in [0.29, 0.717) is 4.78 Å². The topological polar surface area (TPSA) is 46.9 Å². The second kappa shape index (κ2) is 4.53. The van der Waals surface area contributed by atoms with Crippen LogP contribution in [-0.2, 0) is 0 Å². The van der Waals surface area contributed by atoms with Crippen LogP contribution in [0, 0.1) is 0 Å². The Kier molecular flexibility index (Phi) is 3.30. The maximum Gasteiger partial charge on any atom is 0.499 e. The number of nitrogens with zero attached hydrogens (tertiary/aromatic N) is 2. The molecule has 1 aliphatic heterocycles. The van der Waals surface area contributed by atoms with Crippen LogP contribution < -0.4 is 9.68 Å². The molecule has 0 saturated carbocycles. The van der Waals surface area contributed by atoms with Gasteiger partial charge in [0.05, 0.1) is 5.00 Å². The molecule has 1 fully saturated rings. The van der Waals surface area contributed by atoms with Gasteiger partial charge in [0.1, 0.15) is 0 Å². The molecule has 2 heterocycles. The molecule has 6 heteroatoms. The second-order valence-electron chi connectivity index (χ2n) is 3.84. The SMILES string of the molecule is CN1CCN(c2ccc(B(O)O)s2)CC1. The molecule has 1 aromatic rings. The molecular weight excluding hydrogens is 211 g/mol. The molecule has 1 aromatic heterocycles. The molecule has 1 aliphatic rings. The van der Waals surface area contributed by atoms with E-state index in [9.17, 15) is 0 Å². The number of hydrogen-bond donors (Lipinski definition) is 2. The Morgan fingerprint density at radius 2 is 1.87 bits per heavy atom. The fourth-order valence-electron chi connectivity index (χ4n) is 1.68. The smallest absolute Gasteiger partial charge is 0.423 e. The highest BCUT2D eigenvalue weighted by atomic mass is 32.1. The monoisotopic (exact) mass is 226 g/mol. The molecule has 0 unspecified atom stereocenters. The van der Waals surface area contributed by atoms with Crippen molar-refractivity contribution in [3.63, 3.8) is 0 Å². The number of piperazine rings is 1. The highest BCUT2D eigenvalue weighted by Gasteiger charge is 2.19. The van der Waals surface area contributed by atoms with Gasteiger partial charge in [-0.15, -0.1) is 11.3 Å². The van der Waals surface area contributed by atoms with Gasteiger partial charge in [-0.1, -0.05) is 0 Å². The van der Waals surface area contributed by atoms with Gasteiger partial charge in [-0.2, -0.15) is 0 Å². The van der Waals surface area contributed by atoms with Crippen molar-refractivity contribution < 1.29 is 10.0 Å². The van der Waals surface area contributed by atoms with Crippen LogP contribution in [0.25, 0.3) is 0 Å². The molecule has 2 N–H and O–H groups in total. The van der Waals surface area contributed by atoms with Gasteiger partial charge in [0.2, 0.25) is 0 Å². The molecule has 1 saturated heterocycles. The maximum atomic E-state index is 9.02. The van der Waals surface area contributed by atoms with Crippen LogP contribution in [0.15, 0.2) is 12.1 Å². The van der Waals surface area contributed by atoms with Gasteiger partial charge in [0.25, 0.3) is 0 Å². The molecule has 0 bridgehead atoms. The molecule has 2 rings (SSSR count). The van der Waals surface area contributed by atoms with Crippen molar-refractivity contribution in [2.45, 2.75) is 0 Å². The van der Waals surface area contributed by atoms with E-state index in [1.165, 1.54) is 11.3 Å². The predicted octanol–water partition coefficient (Wildman–Crippen LogP) is -0.820. The molecule has 15 heavy (non-hydrogen) atoms. The Labute approximate surface area is 93.9 Å². The lowest BCUT2D eigenvalue weighted by molar-refractivity contribution is 0.313. The van der Waals surface area contributed by atoms with Crippen molar-refractivity contribution in [2.75, 3.05) is 38.1 Å². The van der Waals surface area contributed by atoms with E-state index < -0.39 is 7.12 Å². The molecule has 0 spiro atoms. The minimum atomic E-state index is -1.34. The van der Waals surface area contributed by atoms with Gasteiger partial charge in [0.15, 0.2) is 0 Å². The van der Waals surface area contributed by atoms with E-state index in [-0.39, 0.29) is 0 Å². The van der Waals surface area contributed by atoms with Gasteiger partial charge in [0, 0.05) is 31.0 Å². The number of anilines is 1. The van der Waals surface area contributed by atoms with Crippen LogP contribution in [0.5, 0.6) is 0 Å². The molecule has 4 nitrogen and oxygen atoms in total. The lowest BCUT2D eigenvalue weighted by Gasteiger charge is -2.32. The van der Waals surface area contributed by atoms with Gasteiger partial charge in [-0.05, 0) is 19.2 Å². The third-order valence-electron chi connectivity index (χ3n) is 2.68. The third-order valence-corrected chi connectivity index (χ3v) is 3.87. The molecule has 0 atom stereocenters. The second-order valence-corrected chi connectivity index (χ2v) is 4.93. The molecular formula is C9H15BN2O2S. The summed E-state index contributed by atoms with van der Waals surface area (Å²) < 4.78 is 0.615. The fourth-order valence-corrected chi connectivity index (χ4v) is 2.61. The van der Waals surface area contributed by atoms with Crippen LogP contribution in [0.2, 0.25) is 0 Å². The Balaban J connectivity index is 2.03. The van der Waals surface area contributed by atoms with Gasteiger partial charge >= 0.3 is 7.12 Å². The van der Waals surface area contributed by atoms with Gasteiger partial charge < -0.3 is 19.8 Å². The number of rotatable bonds is 2. The van der Waals surface area contributed by atoms with Crippen molar-refractivity contribution in [3.05, 3.63) is 12.1 Å². The van der Waals surface area contributed by atoms with Crippen LogP contribution >= 0.6 is 11.3 Å². The Morgan fingerprint density at radius 1 is 1.20 bits per heavy atom. The lowest BCUT2D eigenvalue weighted by atomic mass is 9.90. The van der Waals surface area contributed by atoms with Crippen LogP contribution in [0.1, 0.15) is 0 Å². The average Bonchev–Trinajstić information content (AvgIpc) is 2.68. The van der Waals surface area contributed by atoms with Crippen LogP contribution in [0.4, 0.5) is 5.00 Å². The fraction of sp³-hybridized carbons (Fsp3) is 0.556. The van der Waals surface area contributed by atoms with E-state index in [2.05, 4.69) is 16.8 Å². The first-order chi connectivity index (χ1) is 7.16. The van der Waals surface area contributed by atoms with E-state index in [1.54, 1.807) is 6.07 Å². The molecule has 0 radical (unpaired) electrons. The summed E-state index contributed by atoms with van der Waals surface area (Å²) in [7, 11) is 0.783. The zero-order valence-electron chi connectivity index (χ0n) is 8.76. The third kappa shape index (κ3) is 2.52. The standard InChI is InChI=1S/C9H15BN2O2S/c1-11-4-6-12(7-5-11)9-3-2-8(15-9)10(13)14/h2-3,13-14H,4-7H2,1H3. The summed E-state index contributed by atoms with van der Waals surface area (Å²) in [4.78, 5) is 4.59. The lowest BCUT2D eigenvalue weighted by Crippen LogP contribution is -2.44. The summed E-state index contributed by atoms with van der Waals surface area (Å²) in [6.45, 7) is 4.15. The molecule has 0 amide bonds. The highest BCUT2D eigenvalue weighted by Crippen LogP contribution is 2.21. The van der Waals surface area contributed by atoms with Crippen molar-refractivity contribution in [3.8, 4) is 0 Å². The van der Waals surface area contributed by atoms with E-state index >= 15 is 0 Å². The minimum Gasteiger partial charge on any atom is -0.423 e.